The second-order valence-corrected chi connectivity index (χ2v) is 6.38. The van der Waals surface area contributed by atoms with Gasteiger partial charge in [0.15, 0.2) is 11.6 Å². The molecule has 0 aliphatic carbocycles. The first kappa shape index (κ1) is 17.0. The highest BCUT2D eigenvalue weighted by Crippen LogP contribution is 2.08. The molecule has 2 N–H and O–H groups in total. The van der Waals surface area contributed by atoms with Crippen LogP contribution in [-0.2, 0) is 16.6 Å². The highest BCUT2D eigenvalue weighted by atomic mass is 32.2. The Morgan fingerprint density at radius 1 is 1.15 bits per heavy atom. The molecule has 0 amide bonds. The zero-order chi connectivity index (χ0) is 15.0. The standard InChI is InChI=1S/C13H20F2N2O2S/c1-2-16-7-3-4-8-20(18,19)17-10-11-5-6-12(14)13(15)9-11/h5-6,9,16-17H,2-4,7-8,10H2,1H3. The number of benzene rings is 1. The average molecular weight is 306 g/mol. The van der Waals surface area contributed by atoms with Crippen LogP contribution >= 0.6 is 0 Å². The van der Waals surface area contributed by atoms with Crippen LogP contribution in [-0.4, -0.2) is 27.3 Å². The summed E-state index contributed by atoms with van der Waals surface area (Å²) in [6, 6.07) is 3.32. The molecule has 1 aromatic carbocycles. The third kappa shape index (κ3) is 6.40. The van der Waals surface area contributed by atoms with Crippen molar-refractivity contribution in [1.29, 1.82) is 0 Å². The fraction of sp³-hybridized carbons (Fsp3) is 0.538. The molecule has 0 saturated carbocycles. The maximum atomic E-state index is 13.0. The van der Waals surface area contributed by atoms with E-state index in [0.717, 1.165) is 31.6 Å². The average Bonchev–Trinajstić information content (AvgIpc) is 2.40. The molecule has 0 atom stereocenters. The number of sulfonamides is 1. The van der Waals surface area contributed by atoms with Gasteiger partial charge in [0.1, 0.15) is 0 Å². The van der Waals surface area contributed by atoms with E-state index in [1.807, 2.05) is 6.92 Å². The van der Waals surface area contributed by atoms with Crippen molar-refractivity contribution in [3.63, 3.8) is 0 Å². The van der Waals surface area contributed by atoms with Gasteiger partial charge >= 0.3 is 0 Å². The molecule has 20 heavy (non-hydrogen) atoms. The van der Waals surface area contributed by atoms with Crippen molar-refractivity contribution in [1.82, 2.24) is 10.0 Å². The molecular weight excluding hydrogens is 286 g/mol. The molecule has 1 rings (SSSR count). The van der Waals surface area contributed by atoms with Crippen LogP contribution in [0.2, 0.25) is 0 Å². The quantitative estimate of drug-likeness (QED) is 0.684. The normalized spacial score (nSPS) is 11.8. The first-order valence-corrected chi connectivity index (χ1v) is 8.22. The van der Waals surface area contributed by atoms with Crippen molar-refractivity contribution in [2.24, 2.45) is 0 Å². The lowest BCUT2D eigenvalue weighted by Crippen LogP contribution is -2.26. The zero-order valence-corrected chi connectivity index (χ0v) is 12.3. The second kappa shape index (κ2) is 8.28. The molecule has 114 valence electrons. The summed E-state index contributed by atoms with van der Waals surface area (Å²) in [5, 5.41) is 3.11. The Morgan fingerprint density at radius 2 is 1.90 bits per heavy atom. The summed E-state index contributed by atoms with van der Waals surface area (Å²) < 4.78 is 51.4. The number of nitrogens with one attached hydrogen (secondary N) is 2. The molecule has 0 unspecified atom stereocenters. The van der Waals surface area contributed by atoms with Crippen LogP contribution < -0.4 is 10.0 Å². The Hall–Kier alpha value is -1.05. The van der Waals surface area contributed by atoms with Crippen molar-refractivity contribution in [2.75, 3.05) is 18.8 Å². The summed E-state index contributed by atoms with van der Waals surface area (Å²) in [6.07, 6.45) is 1.33. The maximum absolute atomic E-state index is 13.0. The molecule has 0 aliphatic heterocycles. The maximum Gasteiger partial charge on any atom is 0.211 e. The summed E-state index contributed by atoms with van der Waals surface area (Å²) in [6.45, 7) is 3.60. The Morgan fingerprint density at radius 3 is 2.55 bits per heavy atom. The van der Waals surface area contributed by atoms with Gasteiger partial charge in [0.25, 0.3) is 0 Å². The fourth-order valence-corrected chi connectivity index (χ4v) is 2.75. The Bertz CT molecular complexity index is 521. The number of hydrogen-bond donors (Lipinski definition) is 2. The third-order valence-corrected chi connectivity index (χ3v) is 4.16. The number of halogens is 2. The second-order valence-electron chi connectivity index (χ2n) is 4.45. The zero-order valence-electron chi connectivity index (χ0n) is 11.5. The van der Waals surface area contributed by atoms with Crippen LogP contribution in [0.1, 0.15) is 25.3 Å². The SMILES string of the molecule is CCNCCCCS(=O)(=O)NCc1ccc(F)c(F)c1. The van der Waals surface area contributed by atoms with Gasteiger partial charge in [-0.05, 0) is 43.6 Å². The van der Waals surface area contributed by atoms with Crippen molar-refractivity contribution < 1.29 is 17.2 Å². The minimum Gasteiger partial charge on any atom is -0.317 e. The summed E-state index contributed by atoms with van der Waals surface area (Å²) >= 11 is 0. The Kier molecular flexibility index (Phi) is 7.04. The highest BCUT2D eigenvalue weighted by molar-refractivity contribution is 7.89. The smallest absolute Gasteiger partial charge is 0.211 e. The summed E-state index contributed by atoms with van der Waals surface area (Å²) in [5.41, 5.74) is 0.389. The predicted octanol–water partition coefficient (Wildman–Crippen LogP) is 1.77. The Labute approximate surface area is 118 Å². The van der Waals surface area contributed by atoms with Crippen LogP contribution in [0.25, 0.3) is 0 Å². The summed E-state index contributed by atoms with van der Waals surface area (Å²) in [7, 11) is -3.38. The molecule has 0 spiro atoms. The fourth-order valence-electron chi connectivity index (χ4n) is 1.63. The number of rotatable bonds is 9. The van der Waals surface area contributed by atoms with E-state index in [9.17, 15) is 17.2 Å². The van der Waals surface area contributed by atoms with E-state index in [-0.39, 0.29) is 12.3 Å². The first-order chi connectivity index (χ1) is 9.44. The molecular formula is C13H20F2N2O2S. The summed E-state index contributed by atoms with van der Waals surface area (Å²) in [4.78, 5) is 0. The molecule has 0 fully saturated rings. The van der Waals surface area contributed by atoms with Crippen LogP contribution in [0.4, 0.5) is 8.78 Å². The van der Waals surface area contributed by atoms with Gasteiger partial charge in [0.05, 0.1) is 5.75 Å². The molecule has 1 aromatic rings. The molecule has 0 heterocycles. The van der Waals surface area contributed by atoms with Gasteiger partial charge in [-0.1, -0.05) is 13.0 Å². The van der Waals surface area contributed by atoms with Crippen LogP contribution in [0.5, 0.6) is 0 Å². The van der Waals surface area contributed by atoms with Gasteiger partial charge in [0.2, 0.25) is 10.0 Å². The molecule has 0 bridgehead atoms. The van der Waals surface area contributed by atoms with Gasteiger partial charge in [0, 0.05) is 6.54 Å². The van der Waals surface area contributed by atoms with Crippen LogP contribution in [0.15, 0.2) is 18.2 Å². The Balaban J connectivity index is 2.37. The molecule has 7 heteroatoms. The van der Waals surface area contributed by atoms with Gasteiger partial charge in [-0.2, -0.15) is 0 Å². The largest absolute Gasteiger partial charge is 0.317 e. The van der Waals surface area contributed by atoms with Crippen molar-refractivity contribution in [3.05, 3.63) is 35.4 Å². The van der Waals surface area contributed by atoms with E-state index < -0.39 is 21.7 Å². The number of unbranched alkanes of at least 4 members (excludes halogenated alkanes) is 1. The molecule has 0 radical (unpaired) electrons. The summed E-state index contributed by atoms with van der Waals surface area (Å²) in [5.74, 6) is -1.89. The van der Waals surface area contributed by atoms with Crippen LogP contribution in [0.3, 0.4) is 0 Å². The first-order valence-electron chi connectivity index (χ1n) is 6.56. The van der Waals surface area contributed by atoms with E-state index in [4.69, 9.17) is 0 Å². The van der Waals surface area contributed by atoms with Crippen molar-refractivity contribution >= 4 is 10.0 Å². The molecule has 0 aliphatic rings. The topological polar surface area (TPSA) is 58.2 Å². The lowest BCUT2D eigenvalue weighted by atomic mass is 10.2. The highest BCUT2D eigenvalue weighted by Gasteiger charge is 2.10. The monoisotopic (exact) mass is 306 g/mol. The van der Waals surface area contributed by atoms with E-state index in [1.165, 1.54) is 6.07 Å². The van der Waals surface area contributed by atoms with E-state index in [1.54, 1.807) is 0 Å². The third-order valence-electron chi connectivity index (χ3n) is 2.75. The minimum absolute atomic E-state index is 0.0298. The van der Waals surface area contributed by atoms with Crippen LogP contribution in [0, 0.1) is 11.6 Å². The number of hydrogen-bond acceptors (Lipinski definition) is 3. The molecule has 4 nitrogen and oxygen atoms in total. The van der Waals surface area contributed by atoms with Gasteiger partial charge < -0.3 is 5.32 Å². The van der Waals surface area contributed by atoms with Gasteiger partial charge in [-0.15, -0.1) is 0 Å². The van der Waals surface area contributed by atoms with Crippen molar-refractivity contribution in [3.8, 4) is 0 Å². The van der Waals surface area contributed by atoms with E-state index >= 15 is 0 Å². The van der Waals surface area contributed by atoms with Crippen molar-refractivity contribution in [2.45, 2.75) is 26.3 Å². The van der Waals surface area contributed by atoms with E-state index in [0.29, 0.717) is 12.0 Å². The van der Waals surface area contributed by atoms with Gasteiger partial charge in [-0.3, -0.25) is 0 Å². The molecule has 0 aromatic heterocycles. The molecule has 0 saturated heterocycles. The van der Waals surface area contributed by atoms with Gasteiger partial charge in [-0.25, -0.2) is 21.9 Å². The minimum atomic E-state index is -3.38. The van der Waals surface area contributed by atoms with E-state index in [2.05, 4.69) is 10.0 Å². The lowest BCUT2D eigenvalue weighted by Gasteiger charge is -2.07. The predicted molar refractivity (Wildman–Crippen MR) is 74.8 cm³/mol. The lowest BCUT2D eigenvalue weighted by molar-refractivity contribution is 0.506.